The predicted octanol–water partition coefficient (Wildman–Crippen LogP) is 2.26. The Morgan fingerprint density at radius 3 is 2.42 bits per heavy atom. The second-order valence-corrected chi connectivity index (χ2v) is 5.21. The summed E-state index contributed by atoms with van der Waals surface area (Å²) >= 11 is 0. The van der Waals surface area contributed by atoms with E-state index in [9.17, 15) is 18.4 Å². The Bertz CT molecular complexity index is 557. The van der Waals surface area contributed by atoms with E-state index in [1.807, 2.05) is 0 Å². The van der Waals surface area contributed by atoms with Gasteiger partial charge in [-0.15, -0.1) is 0 Å². The Labute approximate surface area is 108 Å². The van der Waals surface area contributed by atoms with Crippen LogP contribution in [0.5, 0.6) is 0 Å². The van der Waals surface area contributed by atoms with Crippen LogP contribution in [0.2, 0.25) is 0 Å². The minimum Gasteiger partial charge on any atom is -0.481 e. The summed E-state index contributed by atoms with van der Waals surface area (Å²) in [4.78, 5) is 22.9. The highest BCUT2D eigenvalue weighted by atomic mass is 19.2. The van der Waals surface area contributed by atoms with Crippen LogP contribution < -0.4 is 5.32 Å². The molecular weight excluding hydrogens is 256 g/mol. The third-order valence-corrected chi connectivity index (χ3v) is 3.59. The van der Waals surface area contributed by atoms with Crippen molar-refractivity contribution in [2.75, 3.05) is 5.32 Å². The number of carboxylic acids is 1. The molecule has 102 valence electrons. The van der Waals surface area contributed by atoms with E-state index in [1.165, 1.54) is 12.1 Å². The number of rotatable bonds is 3. The lowest BCUT2D eigenvalue weighted by atomic mass is 10.1. The van der Waals surface area contributed by atoms with E-state index in [1.54, 1.807) is 13.8 Å². The number of hydrogen-bond donors (Lipinski definition) is 2. The molecular formula is C13H13F2NO3. The molecule has 0 aromatic heterocycles. The van der Waals surface area contributed by atoms with E-state index in [2.05, 4.69) is 5.32 Å². The smallest absolute Gasteiger partial charge is 0.307 e. The molecule has 2 N–H and O–H groups in total. The van der Waals surface area contributed by atoms with Crippen molar-refractivity contribution in [2.24, 2.45) is 17.3 Å². The molecule has 0 radical (unpaired) electrons. The molecule has 1 aliphatic carbocycles. The van der Waals surface area contributed by atoms with E-state index in [0.29, 0.717) is 0 Å². The van der Waals surface area contributed by atoms with Crippen LogP contribution in [0.25, 0.3) is 0 Å². The first-order valence-electron chi connectivity index (χ1n) is 5.74. The Balaban J connectivity index is 2.15. The summed E-state index contributed by atoms with van der Waals surface area (Å²) in [5.41, 5.74) is -0.962. The first-order valence-corrected chi connectivity index (χ1v) is 5.74. The number of anilines is 1. The van der Waals surface area contributed by atoms with Crippen molar-refractivity contribution < 1.29 is 23.5 Å². The van der Waals surface area contributed by atoms with Crippen LogP contribution in [0.3, 0.4) is 0 Å². The third-order valence-electron chi connectivity index (χ3n) is 3.59. The lowest BCUT2D eigenvalue weighted by Crippen LogP contribution is -2.18. The fraction of sp³-hybridized carbons (Fsp3) is 0.385. The lowest BCUT2D eigenvalue weighted by Gasteiger charge is -2.07. The van der Waals surface area contributed by atoms with E-state index in [0.717, 1.165) is 6.07 Å². The molecule has 1 aliphatic rings. The van der Waals surface area contributed by atoms with Gasteiger partial charge in [-0.05, 0) is 17.5 Å². The van der Waals surface area contributed by atoms with Crippen molar-refractivity contribution in [2.45, 2.75) is 13.8 Å². The average Bonchev–Trinajstić information content (AvgIpc) is 2.88. The maximum absolute atomic E-state index is 13.4. The quantitative estimate of drug-likeness (QED) is 0.884. The van der Waals surface area contributed by atoms with Gasteiger partial charge in [-0.1, -0.05) is 19.9 Å². The van der Waals surface area contributed by atoms with E-state index in [4.69, 9.17) is 5.11 Å². The summed E-state index contributed by atoms with van der Waals surface area (Å²) in [6, 6.07) is 3.42. The van der Waals surface area contributed by atoms with Gasteiger partial charge in [0.15, 0.2) is 11.6 Å². The number of nitrogens with one attached hydrogen (secondary N) is 1. The van der Waals surface area contributed by atoms with Crippen LogP contribution in [0.15, 0.2) is 18.2 Å². The predicted molar refractivity (Wildman–Crippen MR) is 63.4 cm³/mol. The zero-order valence-corrected chi connectivity index (χ0v) is 10.4. The zero-order valence-electron chi connectivity index (χ0n) is 10.4. The average molecular weight is 269 g/mol. The topological polar surface area (TPSA) is 66.4 Å². The summed E-state index contributed by atoms with van der Waals surface area (Å²) < 4.78 is 26.4. The summed E-state index contributed by atoms with van der Waals surface area (Å²) in [5, 5.41) is 11.2. The molecule has 0 aliphatic heterocycles. The van der Waals surface area contributed by atoms with Gasteiger partial charge in [-0.3, -0.25) is 9.59 Å². The monoisotopic (exact) mass is 269 g/mol. The number of carboxylic acid groups (broad SMARTS) is 1. The van der Waals surface area contributed by atoms with Gasteiger partial charge in [-0.2, -0.15) is 0 Å². The van der Waals surface area contributed by atoms with Crippen LogP contribution in [-0.4, -0.2) is 17.0 Å². The zero-order chi connectivity index (χ0) is 14.4. The highest BCUT2D eigenvalue weighted by molar-refractivity contribution is 5.99. The molecule has 2 atom stereocenters. The van der Waals surface area contributed by atoms with E-state index >= 15 is 0 Å². The van der Waals surface area contributed by atoms with Gasteiger partial charge in [-0.25, -0.2) is 8.78 Å². The minimum atomic E-state index is -1.15. The number of benzene rings is 1. The lowest BCUT2D eigenvalue weighted by molar-refractivity contribution is -0.140. The van der Waals surface area contributed by atoms with E-state index < -0.39 is 40.8 Å². The van der Waals surface area contributed by atoms with Gasteiger partial charge in [0.1, 0.15) is 0 Å². The fourth-order valence-corrected chi connectivity index (χ4v) is 2.40. The molecule has 0 spiro atoms. The first-order chi connectivity index (χ1) is 8.76. The van der Waals surface area contributed by atoms with Crippen LogP contribution in [0.1, 0.15) is 13.8 Å². The molecule has 19 heavy (non-hydrogen) atoms. The standard InChI is InChI=1S/C13H13F2NO3/c1-13(2)8(9(13)12(18)19)11(17)16-7-5-3-4-6(14)10(7)15/h3-5,8-9H,1-2H3,(H,16,17)(H,18,19)/t8-,9+/m1/s1. The summed E-state index contributed by atoms with van der Waals surface area (Å²) in [7, 11) is 0. The van der Waals surface area contributed by atoms with Crippen molar-refractivity contribution in [1.82, 2.24) is 0 Å². The van der Waals surface area contributed by atoms with Crippen molar-refractivity contribution in [3.05, 3.63) is 29.8 Å². The summed E-state index contributed by atoms with van der Waals surface area (Å²) in [6.07, 6.45) is 0. The maximum atomic E-state index is 13.4. The Kier molecular flexibility index (Phi) is 3.04. The molecule has 4 nitrogen and oxygen atoms in total. The molecule has 1 amide bonds. The molecule has 1 fully saturated rings. The maximum Gasteiger partial charge on any atom is 0.307 e. The molecule has 1 aromatic rings. The number of carbonyl (C=O) groups is 2. The number of halogens is 2. The first kappa shape index (κ1) is 13.5. The molecule has 0 saturated heterocycles. The fourth-order valence-electron chi connectivity index (χ4n) is 2.40. The molecule has 1 aromatic carbocycles. The Hall–Kier alpha value is -1.98. The number of aliphatic carboxylic acids is 1. The molecule has 0 unspecified atom stereocenters. The largest absolute Gasteiger partial charge is 0.481 e. The van der Waals surface area contributed by atoms with Gasteiger partial charge < -0.3 is 10.4 Å². The Morgan fingerprint density at radius 2 is 1.89 bits per heavy atom. The molecule has 2 rings (SSSR count). The van der Waals surface area contributed by atoms with E-state index in [-0.39, 0.29) is 5.69 Å². The van der Waals surface area contributed by atoms with Gasteiger partial charge in [0.2, 0.25) is 5.91 Å². The van der Waals surface area contributed by atoms with Crippen LogP contribution in [0, 0.1) is 28.9 Å². The second-order valence-electron chi connectivity index (χ2n) is 5.21. The SMILES string of the molecule is CC1(C)[C@H](C(=O)O)[C@@H]1C(=O)Nc1cccc(F)c1F. The highest BCUT2D eigenvalue weighted by Gasteiger charge is 2.65. The van der Waals surface area contributed by atoms with Gasteiger partial charge in [0.05, 0.1) is 17.5 Å². The minimum absolute atomic E-state index is 0.281. The molecule has 0 heterocycles. The Morgan fingerprint density at radius 1 is 1.26 bits per heavy atom. The van der Waals surface area contributed by atoms with Crippen molar-refractivity contribution in [3.63, 3.8) is 0 Å². The van der Waals surface area contributed by atoms with Crippen LogP contribution in [0.4, 0.5) is 14.5 Å². The number of carbonyl (C=O) groups excluding carboxylic acids is 1. The van der Waals surface area contributed by atoms with Crippen molar-refractivity contribution in [1.29, 1.82) is 0 Å². The highest BCUT2D eigenvalue weighted by Crippen LogP contribution is 2.58. The van der Waals surface area contributed by atoms with Crippen molar-refractivity contribution >= 4 is 17.6 Å². The van der Waals surface area contributed by atoms with Crippen LogP contribution >= 0.6 is 0 Å². The van der Waals surface area contributed by atoms with Crippen molar-refractivity contribution in [3.8, 4) is 0 Å². The number of hydrogen-bond acceptors (Lipinski definition) is 2. The normalized spacial score (nSPS) is 23.8. The molecule has 0 bridgehead atoms. The molecule has 6 heteroatoms. The second kappa shape index (κ2) is 4.29. The van der Waals surface area contributed by atoms with Gasteiger partial charge >= 0.3 is 5.97 Å². The number of amides is 1. The van der Waals surface area contributed by atoms with Gasteiger partial charge in [0, 0.05) is 0 Å². The molecule has 1 saturated carbocycles. The summed E-state index contributed by atoms with van der Waals surface area (Å²) in [5.74, 6) is -5.44. The third kappa shape index (κ3) is 2.18. The van der Waals surface area contributed by atoms with Crippen LogP contribution in [-0.2, 0) is 9.59 Å². The summed E-state index contributed by atoms with van der Waals surface area (Å²) in [6.45, 7) is 3.30. The van der Waals surface area contributed by atoms with Gasteiger partial charge in [0.25, 0.3) is 0 Å².